The van der Waals surface area contributed by atoms with E-state index in [2.05, 4.69) is 23.9 Å². The van der Waals surface area contributed by atoms with Gasteiger partial charge in [0.15, 0.2) is 0 Å². The van der Waals surface area contributed by atoms with Gasteiger partial charge in [-0.05, 0) is 14.1 Å². The summed E-state index contributed by atoms with van der Waals surface area (Å²) in [7, 11) is 7.96. The molecule has 2 fully saturated rings. The van der Waals surface area contributed by atoms with Crippen molar-refractivity contribution >= 4 is 6.03 Å². The van der Waals surface area contributed by atoms with E-state index >= 15 is 0 Å². The van der Waals surface area contributed by atoms with Crippen molar-refractivity contribution in [1.82, 2.24) is 19.6 Å². The maximum absolute atomic E-state index is 11.9. The number of likely N-dealkylation sites (N-methyl/N-ethyl adjacent to an activating group) is 2. The highest BCUT2D eigenvalue weighted by Gasteiger charge is 2.42. The Labute approximate surface area is 97.6 Å². The number of hydrogen-bond acceptors (Lipinski definition) is 3. The van der Waals surface area contributed by atoms with Gasteiger partial charge in [-0.1, -0.05) is 0 Å². The second-order valence-corrected chi connectivity index (χ2v) is 5.18. The molecule has 2 unspecified atom stereocenters. The van der Waals surface area contributed by atoms with Gasteiger partial charge in [-0.3, -0.25) is 9.80 Å². The van der Waals surface area contributed by atoms with Crippen molar-refractivity contribution in [3.8, 4) is 0 Å². The highest BCUT2D eigenvalue weighted by Crippen LogP contribution is 2.23. The summed E-state index contributed by atoms with van der Waals surface area (Å²) in [5, 5.41) is 0. The number of amides is 2. The summed E-state index contributed by atoms with van der Waals surface area (Å²) in [6, 6.07) is 1.14. The number of fused-ring (bicyclic) bond motifs is 1. The predicted octanol–water partition coefficient (Wildman–Crippen LogP) is -0.402. The van der Waals surface area contributed by atoms with Gasteiger partial charge in [0.05, 0.1) is 0 Å². The number of hydrogen-bond donors (Lipinski definition) is 0. The summed E-state index contributed by atoms with van der Waals surface area (Å²) in [5.74, 6) is 0. The van der Waals surface area contributed by atoms with Gasteiger partial charge < -0.3 is 9.80 Å². The lowest BCUT2D eigenvalue weighted by atomic mass is 10.1. The van der Waals surface area contributed by atoms with Crippen molar-refractivity contribution in [2.45, 2.75) is 12.1 Å². The molecule has 0 aromatic heterocycles. The number of likely N-dealkylation sites (tertiary alicyclic amines) is 1. The molecule has 2 aliphatic heterocycles. The molecule has 2 aliphatic rings. The van der Waals surface area contributed by atoms with E-state index in [1.807, 2.05) is 19.0 Å². The second-order valence-electron chi connectivity index (χ2n) is 5.18. The van der Waals surface area contributed by atoms with Crippen LogP contribution in [0.15, 0.2) is 0 Å². The van der Waals surface area contributed by atoms with Gasteiger partial charge in [-0.15, -0.1) is 0 Å². The molecule has 2 heterocycles. The Hall–Kier alpha value is -0.810. The molecular weight excluding hydrogens is 204 g/mol. The molecule has 2 rings (SSSR count). The van der Waals surface area contributed by atoms with E-state index in [0.29, 0.717) is 12.1 Å². The van der Waals surface area contributed by atoms with Crippen molar-refractivity contribution in [2.75, 3.05) is 54.4 Å². The van der Waals surface area contributed by atoms with Crippen LogP contribution in [0.25, 0.3) is 0 Å². The van der Waals surface area contributed by atoms with Crippen LogP contribution < -0.4 is 0 Å². The van der Waals surface area contributed by atoms with Gasteiger partial charge in [0.25, 0.3) is 0 Å². The zero-order valence-corrected chi connectivity index (χ0v) is 10.7. The van der Waals surface area contributed by atoms with Gasteiger partial charge in [0.1, 0.15) is 0 Å². The predicted molar refractivity (Wildman–Crippen MR) is 63.5 cm³/mol. The summed E-state index contributed by atoms with van der Waals surface area (Å²) < 4.78 is 0. The Morgan fingerprint density at radius 3 is 1.88 bits per heavy atom. The maximum atomic E-state index is 11.9. The molecule has 2 atom stereocenters. The molecule has 16 heavy (non-hydrogen) atoms. The molecular formula is C11H22N4O. The standard InChI is InChI=1S/C11H22N4O/c1-12(2)11(16)15-7-9-10(8-15)14(4)6-5-13(9)3/h9-10H,5-8H2,1-4H3. The number of carbonyl (C=O) groups is 1. The van der Waals surface area contributed by atoms with E-state index in [1.54, 1.807) is 4.90 Å². The number of nitrogens with zero attached hydrogens (tertiary/aromatic N) is 4. The SMILES string of the molecule is CN(C)C(=O)N1CC2C(C1)N(C)CCN2C. The Kier molecular flexibility index (Phi) is 3.08. The first-order valence-corrected chi connectivity index (χ1v) is 5.87. The third-order valence-corrected chi connectivity index (χ3v) is 3.85. The lowest BCUT2D eigenvalue weighted by Gasteiger charge is -2.40. The lowest BCUT2D eigenvalue weighted by Crippen LogP contribution is -2.56. The average molecular weight is 226 g/mol. The average Bonchev–Trinajstić information content (AvgIpc) is 2.68. The van der Waals surface area contributed by atoms with Gasteiger partial charge in [0, 0.05) is 52.4 Å². The highest BCUT2D eigenvalue weighted by atomic mass is 16.2. The Morgan fingerprint density at radius 1 is 1.06 bits per heavy atom. The van der Waals surface area contributed by atoms with Gasteiger partial charge in [-0.25, -0.2) is 4.79 Å². The zero-order valence-electron chi connectivity index (χ0n) is 10.7. The minimum Gasteiger partial charge on any atom is -0.331 e. The van der Waals surface area contributed by atoms with Crippen molar-refractivity contribution in [2.24, 2.45) is 0 Å². The number of carbonyl (C=O) groups excluding carboxylic acids is 1. The molecule has 0 radical (unpaired) electrons. The van der Waals surface area contributed by atoms with Crippen LogP contribution in [0.4, 0.5) is 4.79 Å². The first-order chi connectivity index (χ1) is 7.50. The third kappa shape index (κ3) is 1.89. The smallest absolute Gasteiger partial charge is 0.319 e. The van der Waals surface area contributed by atoms with Crippen LogP contribution in [0.3, 0.4) is 0 Å². The molecule has 92 valence electrons. The molecule has 0 spiro atoms. The van der Waals surface area contributed by atoms with Crippen LogP contribution >= 0.6 is 0 Å². The van der Waals surface area contributed by atoms with Crippen LogP contribution in [-0.4, -0.2) is 92.1 Å². The fourth-order valence-corrected chi connectivity index (χ4v) is 2.72. The topological polar surface area (TPSA) is 30.0 Å². The van der Waals surface area contributed by atoms with Gasteiger partial charge in [-0.2, -0.15) is 0 Å². The first kappa shape index (κ1) is 11.7. The van der Waals surface area contributed by atoms with E-state index < -0.39 is 0 Å². The highest BCUT2D eigenvalue weighted by molar-refractivity contribution is 5.74. The lowest BCUT2D eigenvalue weighted by molar-refractivity contribution is 0.0831. The number of rotatable bonds is 0. The van der Waals surface area contributed by atoms with Crippen LogP contribution in [-0.2, 0) is 0 Å². The summed E-state index contributed by atoms with van der Waals surface area (Å²) in [5.41, 5.74) is 0. The molecule has 0 saturated carbocycles. The number of piperazine rings is 1. The Morgan fingerprint density at radius 2 is 1.50 bits per heavy atom. The Balaban J connectivity index is 2.06. The van der Waals surface area contributed by atoms with Crippen LogP contribution in [0.2, 0.25) is 0 Å². The minimum atomic E-state index is 0.135. The molecule has 0 bridgehead atoms. The summed E-state index contributed by atoms with van der Waals surface area (Å²) in [6.45, 7) is 3.92. The van der Waals surface area contributed by atoms with Gasteiger partial charge in [0.2, 0.25) is 0 Å². The summed E-state index contributed by atoms with van der Waals surface area (Å²) in [4.78, 5) is 20.3. The van der Waals surface area contributed by atoms with E-state index in [9.17, 15) is 4.79 Å². The molecule has 0 aromatic rings. The van der Waals surface area contributed by atoms with E-state index in [4.69, 9.17) is 0 Å². The van der Waals surface area contributed by atoms with Crippen LogP contribution in [0, 0.1) is 0 Å². The monoisotopic (exact) mass is 226 g/mol. The van der Waals surface area contributed by atoms with Crippen LogP contribution in [0.5, 0.6) is 0 Å². The summed E-state index contributed by atoms with van der Waals surface area (Å²) in [6.07, 6.45) is 0. The minimum absolute atomic E-state index is 0.135. The fourth-order valence-electron chi connectivity index (χ4n) is 2.72. The number of urea groups is 1. The van der Waals surface area contributed by atoms with E-state index in [-0.39, 0.29) is 6.03 Å². The van der Waals surface area contributed by atoms with Crippen molar-refractivity contribution < 1.29 is 4.79 Å². The largest absolute Gasteiger partial charge is 0.331 e. The third-order valence-electron chi connectivity index (χ3n) is 3.85. The quantitative estimate of drug-likeness (QED) is 0.563. The zero-order chi connectivity index (χ0) is 11.9. The molecule has 5 heteroatoms. The molecule has 0 aromatic carbocycles. The maximum Gasteiger partial charge on any atom is 0.319 e. The Bertz CT molecular complexity index is 263. The van der Waals surface area contributed by atoms with E-state index in [1.165, 1.54) is 0 Å². The molecule has 0 N–H and O–H groups in total. The second kappa shape index (κ2) is 4.22. The molecule has 0 aliphatic carbocycles. The van der Waals surface area contributed by atoms with Crippen LogP contribution in [0.1, 0.15) is 0 Å². The van der Waals surface area contributed by atoms with Crippen molar-refractivity contribution in [1.29, 1.82) is 0 Å². The molecule has 2 amide bonds. The summed E-state index contributed by atoms with van der Waals surface area (Å²) >= 11 is 0. The molecule has 5 nitrogen and oxygen atoms in total. The van der Waals surface area contributed by atoms with Gasteiger partial charge >= 0.3 is 6.03 Å². The van der Waals surface area contributed by atoms with Crippen molar-refractivity contribution in [3.63, 3.8) is 0 Å². The molecule has 2 saturated heterocycles. The van der Waals surface area contributed by atoms with Crippen molar-refractivity contribution in [3.05, 3.63) is 0 Å². The fraction of sp³-hybridized carbons (Fsp3) is 0.909. The normalized spacial score (nSPS) is 31.6. The first-order valence-electron chi connectivity index (χ1n) is 5.87. The van der Waals surface area contributed by atoms with E-state index in [0.717, 1.165) is 26.2 Å².